The molecule has 82 valence electrons. The minimum atomic E-state index is -2.54. The Labute approximate surface area is 91.1 Å². The summed E-state index contributed by atoms with van der Waals surface area (Å²) < 4.78 is 25.8. The van der Waals surface area contributed by atoms with Gasteiger partial charge in [-0.2, -0.15) is 5.10 Å². The second-order valence-electron chi connectivity index (χ2n) is 3.57. The molecule has 1 aliphatic rings. The van der Waals surface area contributed by atoms with Crippen molar-refractivity contribution in [3.05, 3.63) is 17.3 Å². The van der Waals surface area contributed by atoms with Crippen molar-refractivity contribution in [1.82, 2.24) is 10.2 Å². The molecule has 15 heavy (non-hydrogen) atoms. The van der Waals surface area contributed by atoms with Crippen LogP contribution in [0.25, 0.3) is 0 Å². The number of halogens is 3. The molecule has 2 rings (SSSR count). The van der Waals surface area contributed by atoms with Crippen LogP contribution in [0.2, 0.25) is 5.02 Å². The SMILES string of the molecule is FC1(F)CCN(c2cc(Cl)cnn2)CC1. The fraction of sp³-hybridized carbons (Fsp3) is 0.556. The first-order chi connectivity index (χ1) is 7.07. The van der Waals surface area contributed by atoms with Crippen LogP contribution in [0.4, 0.5) is 14.6 Å². The minimum absolute atomic E-state index is 0.138. The van der Waals surface area contributed by atoms with Gasteiger partial charge in [0.2, 0.25) is 0 Å². The first-order valence-electron chi connectivity index (χ1n) is 4.68. The van der Waals surface area contributed by atoms with E-state index in [1.807, 2.05) is 0 Å². The molecule has 0 amide bonds. The van der Waals surface area contributed by atoms with E-state index in [1.54, 1.807) is 11.0 Å². The third kappa shape index (κ3) is 2.53. The van der Waals surface area contributed by atoms with Gasteiger partial charge in [0.15, 0.2) is 5.82 Å². The maximum absolute atomic E-state index is 12.9. The van der Waals surface area contributed by atoms with E-state index in [2.05, 4.69) is 10.2 Å². The zero-order chi connectivity index (χ0) is 10.9. The lowest BCUT2D eigenvalue weighted by molar-refractivity contribution is -0.0221. The van der Waals surface area contributed by atoms with Crippen molar-refractivity contribution in [3.63, 3.8) is 0 Å². The van der Waals surface area contributed by atoms with Gasteiger partial charge < -0.3 is 4.90 Å². The highest BCUT2D eigenvalue weighted by Gasteiger charge is 2.34. The smallest absolute Gasteiger partial charge is 0.251 e. The number of piperidine rings is 1. The number of nitrogens with zero attached hydrogens (tertiary/aromatic N) is 3. The molecule has 0 N–H and O–H groups in total. The molecule has 1 aromatic rings. The average Bonchev–Trinajstić information content (AvgIpc) is 2.17. The molecule has 1 fully saturated rings. The summed E-state index contributed by atoms with van der Waals surface area (Å²) in [5.41, 5.74) is 0. The van der Waals surface area contributed by atoms with Gasteiger partial charge >= 0.3 is 0 Å². The molecule has 0 aliphatic carbocycles. The van der Waals surface area contributed by atoms with Gasteiger partial charge in [0.25, 0.3) is 5.92 Å². The predicted octanol–water partition coefficient (Wildman–Crippen LogP) is 2.37. The molecule has 0 atom stereocenters. The average molecular weight is 234 g/mol. The van der Waals surface area contributed by atoms with Gasteiger partial charge in [-0.05, 0) is 0 Å². The van der Waals surface area contributed by atoms with Gasteiger partial charge in [-0.25, -0.2) is 8.78 Å². The first-order valence-corrected chi connectivity index (χ1v) is 5.06. The van der Waals surface area contributed by atoms with Gasteiger partial charge in [0.1, 0.15) is 0 Å². The summed E-state index contributed by atoms with van der Waals surface area (Å²) in [5, 5.41) is 8.01. The molecular formula is C9H10ClF2N3. The van der Waals surface area contributed by atoms with Gasteiger partial charge in [-0.1, -0.05) is 11.6 Å². The number of hydrogen-bond acceptors (Lipinski definition) is 3. The number of rotatable bonds is 1. The summed E-state index contributed by atoms with van der Waals surface area (Å²) in [6.07, 6.45) is 1.14. The van der Waals surface area contributed by atoms with E-state index in [-0.39, 0.29) is 12.8 Å². The molecule has 0 unspecified atom stereocenters. The van der Waals surface area contributed by atoms with Crippen LogP contribution in [0, 0.1) is 0 Å². The molecule has 1 saturated heterocycles. The topological polar surface area (TPSA) is 29.0 Å². The second kappa shape index (κ2) is 3.89. The van der Waals surface area contributed by atoms with Crippen molar-refractivity contribution in [2.75, 3.05) is 18.0 Å². The largest absolute Gasteiger partial charge is 0.355 e. The van der Waals surface area contributed by atoms with Crippen molar-refractivity contribution in [1.29, 1.82) is 0 Å². The summed E-state index contributed by atoms with van der Waals surface area (Å²) >= 11 is 5.74. The first kappa shape index (κ1) is 10.5. The predicted molar refractivity (Wildman–Crippen MR) is 53.4 cm³/mol. The van der Waals surface area contributed by atoms with Gasteiger partial charge in [-0.3, -0.25) is 0 Å². The van der Waals surface area contributed by atoms with E-state index < -0.39 is 5.92 Å². The summed E-state index contributed by atoms with van der Waals surface area (Å²) in [4.78, 5) is 1.77. The highest BCUT2D eigenvalue weighted by molar-refractivity contribution is 6.30. The molecule has 0 saturated carbocycles. The Morgan fingerprint density at radius 1 is 1.33 bits per heavy atom. The minimum Gasteiger partial charge on any atom is -0.355 e. The van der Waals surface area contributed by atoms with E-state index >= 15 is 0 Å². The normalized spacial score (nSPS) is 20.3. The van der Waals surface area contributed by atoms with Crippen LogP contribution in [0.3, 0.4) is 0 Å². The standard InChI is InChI=1S/C9H10ClF2N3/c10-7-5-8(14-13-6-7)15-3-1-9(11,12)2-4-15/h5-6H,1-4H2. The molecule has 0 bridgehead atoms. The lowest BCUT2D eigenvalue weighted by Gasteiger charge is -2.32. The molecule has 2 heterocycles. The van der Waals surface area contributed by atoms with E-state index in [4.69, 9.17) is 11.6 Å². The maximum Gasteiger partial charge on any atom is 0.251 e. The maximum atomic E-state index is 12.9. The number of alkyl halides is 2. The van der Waals surface area contributed by atoms with Crippen molar-refractivity contribution in [2.45, 2.75) is 18.8 Å². The summed E-state index contributed by atoms with van der Waals surface area (Å²) in [6.45, 7) is 0.587. The number of anilines is 1. The number of hydrogen-bond donors (Lipinski definition) is 0. The Balaban J connectivity index is 2.08. The van der Waals surface area contributed by atoms with Crippen molar-refractivity contribution >= 4 is 17.4 Å². The Morgan fingerprint density at radius 3 is 2.60 bits per heavy atom. The Hall–Kier alpha value is -0.970. The van der Waals surface area contributed by atoms with Gasteiger partial charge in [0, 0.05) is 32.0 Å². The Morgan fingerprint density at radius 2 is 2.00 bits per heavy atom. The van der Waals surface area contributed by atoms with E-state index in [1.165, 1.54) is 6.20 Å². The summed E-state index contributed by atoms with van der Waals surface area (Å²) in [5.74, 6) is -1.97. The van der Waals surface area contributed by atoms with Crippen molar-refractivity contribution < 1.29 is 8.78 Å². The van der Waals surface area contributed by atoms with Crippen molar-refractivity contribution in [3.8, 4) is 0 Å². The molecule has 0 spiro atoms. The fourth-order valence-corrected chi connectivity index (χ4v) is 1.69. The molecule has 0 aromatic carbocycles. The second-order valence-corrected chi connectivity index (χ2v) is 4.01. The zero-order valence-electron chi connectivity index (χ0n) is 7.96. The molecule has 3 nitrogen and oxygen atoms in total. The van der Waals surface area contributed by atoms with Crippen LogP contribution < -0.4 is 4.90 Å². The lowest BCUT2D eigenvalue weighted by Crippen LogP contribution is -2.39. The molecule has 1 aromatic heterocycles. The summed E-state index contributed by atoms with van der Waals surface area (Å²) in [6, 6.07) is 1.64. The monoisotopic (exact) mass is 233 g/mol. The molecule has 6 heteroatoms. The van der Waals surface area contributed by atoms with E-state index in [0.29, 0.717) is 23.9 Å². The Bertz CT molecular complexity index is 349. The Kier molecular flexibility index (Phi) is 2.73. The highest BCUT2D eigenvalue weighted by Crippen LogP contribution is 2.29. The van der Waals surface area contributed by atoms with Crippen LogP contribution in [0.5, 0.6) is 0 Å². The van der Waals surface area contributed by atoms with Crippen LogP contribution >= 0.6 is 11.6 Å². The molecule has 1 aliphatic heterocycles. The van der Waals surface area contributed by atoms with Crippen LogP contribution in [0.15, 0.2) is 12.3 Å². The highest BCUT2D eigenvalue weighted by atomic mass is 35.5. The van der Waals surface area contributed by atoms with Crippen molar-refractivity contribution in [2.24, 2.45) is 0 Å². The van der Waals surface area contributed by atoms with E-state index in [9.17, 15) is 8.78 Å². The quantitative estimate of drug-likeness (QED) is 0.746. The molecular weight excluding hydrogens is 224 g/mol. The van der Waals surface area contributed by atoms with Gasteiger partial charge in [-0.15, -0.1) is 5.10 Å². The third-order valence-corrected chi connectivity index (χ3v) is 2.63. The summed E-state index contributed by atoms with van der Waals surface area (Å²) in [7, 11) is 0. The van der Waals surface area contributed by atoms with Crippen LogP contribution in [-0.2, 0) is 0 Å². The number of aromatic nitrogens is 2. The van der Waals surface area contributed by atoms with E-state index in [0.717, 1.165) is 0 Å². The third-order valence-electron chi connectivity index (χ3n) is 2.43. The van der Waals surface area contributed by atoms with Gasteiger partial charge in [0.05, 0.1) is 11.2 Å². The molecule has 0 radical (unpaired) electrons. The fourth-order valence-electron chi connectivity index (χ4n) is 1.55. The zero-order valence-corrected chi connectivity index (χ0v) is 8.71. The van der Waals surface area contributed by atoms with Crippen LogP contribution in [0.1, 0.15) is 12.8 Å². The lowest BCUT2D eigenvalue weighted by atomic mass is 10.1. The van der Waals surface area contributed by atoms with Crippen LogP contribution in [-0.4, -0.2) is 29.2 Å².